The van der Waals surface area contributed by atoms with Gasteiger partial charge >= 0.3 is 0 Å². The molecule has 0 radical (unpaired) electrons. The monoisotopic (exact) mass is 567 g/mol. The number of nitrogens with zero attached hydrogens (tertiary/aromatic N) is 2. The van der Waals surface area contributed by atoms with Gasteiger partial charge in [0.1, 0.15) is 5.52 Å². The Morgan fingerprint density at radius 2 is 1.50 bits per heavy atom. The van der Waals surface area contributed by atoms with E-state index in [2.05, 4.69) is 110 Å². The number of benzene rings is 5. The average molecular weight is 568 g/mol. The average Bonchev–Trinajstić information content (AvgIpc) is 3.59. The number of dihydropyridines is 1. The zero-order valence-electron chi connectivity index (χ0n) is 24.6. The number of nitrogens with one attached hydrogen (secondary N) is 1. The standard InChI is InChI=1S/C40H29N3O/c1-40(2)31-14-6-5-11-25(31)28-21-29-30(22-32(28)40)37(24-18-19-34(42-23-24)33-15-9-10-20-41-33)26-12-3-4-13-27(26)38(29)39-43-35-16-7-8-17-36(35)44-39/h3-19,21-23,41H,20H2,1-2H3. The van der Waals surface area contributed by atoms with Gasteiger partial charge in [-0.05, 0) is 85.8 Å². The van der Waals surface area contributed by atoms with Crippen molar-refractivity contribution in [1.82, 2.24) is 15.3 Å². The zero-order valence-corrected chi connectivity index (χ0v) is 24.6. The molecule has 1 aliphatic carbocycles. The molecule has 9 rings (SSSR count). The van der Waals surface area contributed by atoms with E-state index in [0.29, 0.717) is 5.89 Å². The summed E-state index contributed by atoms with van der Waals surface area (Å²) in [4.78, 5) is 9.96. The van der Waals surface area contributed by atoms with Crippen molar-refractivity contribution in [3.63, 3.8) is 0 Å². The van der Waals surface area contributed by atoms with Crippen LogP contribution in [0.2, 0.25) is 0 Å². The summed E-state index contributed by atoms with van der Waals surface area (Å²) < 4.78 is 6.49. The smallest absolute Gasteiger partial charge is 0.228 e. The molecule has 0 fully saturated rings. The molecule has 44 heavy (non-hydrogen) atoms. The van der Waals surface area contributed by atoms with Crippen LogP contribution in [0.1, 0.15) is 30.7 Å². The maximum atomic E-state index is 6.49. The van der Waals surface area contributed by atoms with Gasteiger partial charge in [0.2, 0.25) is 5.89 Å². The topological polar surface area (TPSA) is 51.0 Å². The minimum Gasteiger partial charge on any atom is -0.436 e. The van der Waals surface area contributed by atoms with Crippen LogP contribution in [-0.4, -0.2) is 16.5 Å². The maximum absolute atomic E-state index is 6.49. The van der Waals surface area contributed by atoms with E-state index in [1.165, 1.54) is 33.2 Å². The second-order valence-electron chi connectivity index (χ2n) is 12.2. The third-order valence-electron chi connectivity index (χ3n) is 9.37. The van der Waals surface area contributed by atoms with Crippen LogP contribution >= 0.6 is 0 Å². The van der Waals surface area contributed by atoms with Crippen LogP contribution in [0.25, 0.3) is 72.0 Å². The number of rotatable bonds is 3. The third-order valence-corrected chi connectivity index (χ3v) is 9.37. The summed E-state index contributed by atoms with van der Waals surface area (Å²) in [5, 5.41) is 7.99. The number of hydrogen-bond donors (Lipinski definition) is 1. The van der Waals surface area contributed by atoms with Gasteiger partial charge < -0.3 is 9.73 Å². The maximum Gasteiger partial charge on any atom is 0.228 e. The molecule has 0 saturated carbocycles. The van der Waals surface area contributed by atoms with Crippen molar-refractivity contribution in [2.75, 3.05) is 6.54 Å². The van der Waals surface area contributed by atoms with Crippen LogP contribution in [0.5, 0.6) is 0 Å². The van der Waals surface area contributed by atoms with Crippen molar-refractivity contribution in [2.24, 2.45) is 0 Å². The Morgan fingerprint density at radius 1 is 0.727 bits per heavy atom. The lowest BCUT2D eigenvalue weighted by Crippen LogP contribution is -2.15. The van der Waals surface area contributed by atoms with Crippen LogP contribution in [0, 0.1) is 0 Å². The van der Waals surface area contributed by atoms with Crippen LogP contribution < -0.4 is 5.32 Å². The number of hydrogen-bond acceptors (Lipinski definition) is 4. The molecule has 0 bridgehead atoms. The lowest BCUT2D eigenvalue weighted by Gasteiger charge is -2.23. The minimum atomic E-state index is -0.129. The van der Waals surface area contributed by atoms with Gasteiger partial charge in [-0.15, -0.1) is 0 Å². The zero-order chi connectivity index (χ0) is 29.4. The first-order valence-electron chi connectivity index (χ1n) is 15.1. The van der Waals surface area contributed by atoms with Gasteiger partial charge in [0.15, 0.2) is 5.58 Å². The predicted octanol–water partition coefficient (Wildman–Crippen LogP) is 9.67. The molecule has 4 heteroatoms. The largest absolute Gasteiger partial charge is 0.436 e. The fraction of sp³-hybridized carbons (Fsp3) is 0.100. The summed E-state index contributed by atoms with van der Waals surface area (Å²) in [6, 6.07) is 34.6. The molecular weight excluding hydrogens is 538 g/mol. The van der Waals surface area contributed by atoms with Gasteiger partial charge in [-0.1, -0.05) is 92.7 Å². The molecule has 5 aromatic carbocycles. The van der Waals surface area contributed by atoms with Crippen molar-refractivity contribution < 1.29 is 4.42 Å². The van der Waals surface area contributed by atoms with Crippen LogP contribution in [0.3, 0.4) is 0 Å². The molecular formula is C40H29N3O. The number of allylic oxidation sites excluding steroid dienone is 2. The van der Waals surface area contributed by atoms with E-state index in [9.17, 15) is 0 Å². The van der Waals surface area contributed by atoms with Gasteiger partial charge in [-0.2, -0.15) is 0 Å². The second-order valence-corrected chi connectivity index (χ2v) is 12.2. The van der Waals surface area contributed by atoms with Gasteiger partial charge in [-0.3, -0.25) is 4.98 Å². The highest BCUT2D eigenvalue weighted by atomic mass is 16.3. The van der Waals surface area contributed by atoms with E-state index in [4.69, 9.17) is 14.4 Å². The molecule has 1 aliphatic heterocycles. The molecule has 4 nitrogen and oxygen atoms in total. The Bertz CT molecular complexity index is 2320. The van der Waals surface area contributed by atoms with Crippen LogP contribution in [0.4, 0.5) is 0 Å². The highest BCUT2D eigenvalue weighted by Gasteiger charge is 2.36. The first kappa shape index (κ1) is 25.1. The molecule has 0 spiro atoms. The van der Waals surface area contributed by atoms with Crippen molar-refractivity contribution >= 4 is 38.3 Å². The first-order chi connectivity index (χ1) is 21.6. The number of aromatic nitrogens is 2. The van der Waals surface area contributed by atoms with Gasteiger partial charge in [0.25, 0.3) is 0 Å². The van der Waals surface area contributed by atoms with E-state index < -0.39 is 0 Å². The van der Waals surface area contributed by atoms with E-state index >= 15 is 0 Å². The molecule has 0 atom stereocenters. The van der Waals surface area contributed by atoms with Crippen LogP contribution in [0.15, 0.2) is 126 Å². The molecule has 2 aliphatic rings. The Kier molecular flexibility index (Phi) is 5.27. The molecule has 1 N–H and O–H groups in total. The van der Waals surface area contributed by atoms with Crippen molar-refractivity contribution in [1.29, 1.82) is 0 Å². The summed E-state index contributed by atoms with van der Waals surface area (Å²) >= 11 is 0. The summed E-state index contributed by atoms with van der Waals surface area (Å²) in [6.07, 6.45) is 8.28. The SMILES string of the molecule is CC1(C)c2ccccc2-c2cc3c(-c4nc5ccccc5o4)c4ccccc4c(-c4ccc(C5=CC=CCN5)nc4)c3cc21. The molecule has 2 aromatic heterocycles. The Hall–Kier alpha value is -5.48. The van der Waals surface area contributed by atoms with Gasteiger partial charge in [-0.25, -0.2) is 4.98 Å². The molecule has 210 valence electrons. The summed E-state index contributed by atoms with van der Waals surface area (Å²) in [6.45, 7) is 5.48. The van der Waals surface area contributed by atoms with Crippen molar-refractivity contribution in [3.8, 4) is 33.7 Å². The lowest BCUT2D eigenvalue weighted by molar-refractivity contribution is 0.621. The lowest BCUT2D eigenvalue weighted by atomic mass is 9.80. The molecule has 7 aromatic rings. The number of fused-ring (bicyclic) bond motifs is 6. The summed E-state index contributed by atoms with van der Waals surface area (Å²) in [5.74, 6) is 0.640. The van der Waals surface area contributed by atoms with Gasteiger partial charge in [0.05, 0.1) is 17.0 Å². The highest BCUT2D eigenvalue weighted by molar-refractivity contribution is 6.22. The second kappa shape index (κ2) is 9.26. The highest BCUT2D eigenvalue weighted by Crippen LogP contribution is 2.53. The van der Waals surface area contributed by atoms with E-state index in [-0.39, 0.29) is 5.41 Å². The van der Waals surface area contributed by atoms with Crippen LogP contribution in [-0.2, 0) is 5.41 Å². The summed E-state index contributed by atoms with van der Waals surface area (Å²) in [7, 11) is 0. The Morgan fingerprint density at radius 3 is 2.30 bits per heavy atom. The molecule has 0 saturated heterocycles. The predicted molar refractivity (Wildman–Crippen MR) is 180 cm³/mol. The fourth-order valence-electron chi connectivity index (χ4n) is 7.23. The van der Waals surface area contributed by atoms with E-state index in [0.717, 1.165) is 56.3 Å². The molecule has 0 unspecified atom stereocenters. The quantitative estimate of drug-likeness (QED) is 0.216. The molecule has 3 heterocycles. The van der Waals surface area contributed by atoms with E-state index in [1.54, 1.807) is 0 Å². The fourth-order valence-corrected chi connectivity index (χ4v) is 7.23. The first-order valence-corrected chi connectivity index (χ1v) is 15.1. The normalized spacial score (nSPS) is 14.9. The van der Waals surface area contributed by atoms with E-state index in [1.807, 2.05) is 30.5 Å². The number of pyridine rings is 1. The van der Waals surface area contributed by atoms with Crippen molar-refractivity contribution in [3.05, 3.63) is 138 Å². The Labute approximate surface area is 255 Å². The van der Waals surface area contributed by atoms with Gasteiger partial charge in [0, 0.05) is 23.7 Å². The van der Waals surface area contributed by atoms with Crippen molar-refractivity contribution in [2.45, 2.75) is 19.3 Å². The Balaban J connectivity index is 1.39. The molecule has 0 amide bonds. The minimum absolute atomic E-state index is 0.129. The summed E-state index contributed by atoms with van der Waals surface area (Å²) in [5.41, 5.74) is 12.0. The number of oxazole rings is 1. The number of para-hydroxylation sites is 2. The third kappa shape index (κ3) is 3.58.